The van der Waals surface area contributed by atoms with Crippen LogP contribution in [0.3, 0.4) is 0 Å². The van der Waals surface area contributed by atoms with Gasteiger partial charge in [0.05, 0.1) is 0 Å². The van der Waals surface area contributed by atoms with E-state index in [2.05, 4.69) is 52.8 Å². The maximum Gasteiger partial charge on any atom is -0.0216 e. The summed E-state index contributed by atoms with van der Waals surface area (Å²) in [7, 11) is 0. The quantitative estimate of drug-likeness (QED) is 0.513. The monoisotopic (exact) mass is 246 g/mol. The Hall–Kier alpha value is -0.780. The Bertz CT molecular complexity index is 321. The molecule has 18 heavy (non-hydrogen) atoms. The maximum atomic E-state index is 2.33. The third kappa shape index (κ3) is 4.15. The molecule has 0 amide bonds. The molecule has 0 saturated heterocycles. The Balaban J connectivity index is 2.89. The number of unbranched alkanes of at least 4 members (excludes halogenated alkanes) is 3. The fourth-order valence-corrected chi connectivity index (χ4v) is 2.72. The van der Waals surface area contributed by atoms with Crippen molar-refractivity contribution in [2.75, 3.05) is 0 Å². The van der Waals surface area contributed by atoms with E-state index in [1.54, 1.807) is 16.7 Å². The maximum absolute atomic E-state index is 2.33. The largest absolute Gasteiger partial charge is 0.0654 e. The van der Waals surface area contributed by atoms with Crippen LogP contribution in [-0.4, -0.2) is 0 Å². The highest BCUT2D eigenvalue weighted by molar-refractivity contribution is 5.39. The third-order valence-electron chi connectivity index (χ3n) is 3.77. The molecule has 0 nitrogen and oxygen atoms in total. The predicted molar refractivity (Wildman–Crippen MR) is 82.5 cm³/mol. The first-order valence-corrected chi connectivity index (χ1v) is 7.69. The molecule has 102 valence electrons. The van der Waals surface area contributed by atoms with E-state index in [0.29, 0.717) is 11.8 Å². The van der Waals surface area contributed by atoms with E-state index in [0.717, 1.165) is 0 Å². The molecule has 1 aromatic rings. The molecule has 0 unspecified atom stereocenters. The van der Waals surface area contributed by atoms with Crippen LogP contribution in [0.4, 0.5) is 0 Å². The Morgan fingerprint density at radius 3 is 1.83 bits per heavy atom. The fourth-order valence-electron chi connectivity index (χ4n) is 2.72. The van der Waals surface area contributed by atoms with Crippen molar-refractivity contribution in [1.29, 1.82) is 0 Å². The molecule has 0 heterocycles. The number of hydrogen-bond acceptors (Lipinski definition) is 0. The molecule has 0 aliphatic carbocycles. The van der Waals surface area contributed by atoms with Crippen LogP contribution in [0.5, 0.6) is 0 Å². The Morgan fingerprint density at radius 1 is 0.833 bits per heavy atom. The van der Waals surface area contributed by atoms with Gasteiger partial charge in [-0.05, 0) is 41.4 Å². The molecular formula is C18H30. The topological polar surface area (TPSA) is 0 Å². The second kappa shape index (κ2) is 7.61. The van der Waals surface area contributed by atoms with Gasteiger partial charge in [0.15, 0.2) is 0 Å². The van der Waals surface area contributed by atoms with E-state index in [1.807, 2.05) is 0 Å². The van der Waals surface area contributed by atoms with Gasteiger partial charge < -0.3 is 0 Å². The summed E-state index contributed by atoms with van der Waals surface area (Å²) >= 11 is 0. The summed E-state index contributed by atoms with van der Waals surface area (Å²) in [5, 5.41) is 0. The highest BCUT2D eigenvalue weighted by atomic mass is 14.2. The summed E-state index contributed by atoms with van der Waals surface area (Å²) in [4.78, 5) is 0. The predicted octanol–water partition coefficient (Wildman–Crippen LogP) is 6.06. The summed E-state index contributed by atoms with van der Waals surface area (Å²) in [6.45, 7) is 11.5. The van der Waals surface area contributed by atoms with Crippen molar-refractivity contribution in [2.45, 2.75) is 78.6 Å². The number of rotatable bonds is 7. The van der Waals surface area contributed by atoms with Crippen molar-refractivity contribution >= 4 is 0 Å². The van der Waals surface area contributed by atoms with E-state index in [9.17, 15) is 0 Å². The zero-order chi connectivity index (χ0) is 13.5. The SMILES string of the molecule is CCCCCCc1c(C(C)C)cccc1C(C)C. The van der Waals surface area contributed by atoms with E-state index < -0.39 is 0 Å². The molecule has 0 aliphatic rings. The van der Waals surface area contributed by atoms with Crippen LogP contribution in [0, 0.1) is 0 Å². The van der Waals surface area contributed by atoms with Crippen LogP contribution < -0.4 is 0 Å². The van der Waals surface area contributed by atoms with Crippen LogP contribution in [0.1, 0.15) is 88.8 Å². The first kappa shape index (κ1) is 15.3. The molecule has 0 aliphatic heterocycles. The smallest absolute Gasteiger partial charge is 0.0216 e. The summed E-state index contributed by atoms with van der Waals surface area (Å²) in [5.41, 5.74) is 4.77. The third-order valence-corrected chi connectivity index (χ3v) is 3.77. The minimum atomic E-state index is 0.643. The summed E-state index contributed by atoms with van der Waals surface area (Å²) in [5.74, 6) is 1.29. The highest BCUT2D eigenvalue weighted by Crippen LogP contribution is 2.29. The van der Waals surface area contributed by atoms with Gasteiger partial charge in [0.25, 0.3) is 0 Å². The molecule has 0 aromatic heterocycles. The molecule has 0 fully saturated rings. The van der Waals surface area contributed by atoms with E-state index >= 15 is 0 Å². The molecule has 0 atom stereocenters. The Morgan fingerprint density at radius 2 is 1.39 bits per heavy atom. The van der Waals surface area contributed by atoms with Crippen LogP contribution in [-0.2, 0) is 6.42 Å². The van der Waals surface area contributed by atoms with Gasteiger partial charge in [0.1, 0.15) is 0 Å². The van der Waals surface area contributed by atoms with Crippen molar-refractivity contribution in [3.8, 4) is 0 Å². The normalized spacial score (nSPS) is 11.5. The minimum absolute atomic E-state index is 0.643. The van der Waals surface area contributed by atoms with Crippen LogP contribution in [0.25, 0.3) is 0 Å². The number of hydrogen-bond donors (Lipinski definition) is 0. The zero-order valence-electron chi connectivity index (χ0n) is 12.9. The van der Waals surface area contributed by atoms with Crippen molar-refractivity contribution in [3.05, 3.63) is 34.9 Å². The lowest BCUT2D eigenvalue weighted by molar-refractivity contribution is 0.655. The molecular weight excluding hydrogens is 216 g/mol. The van der Waals surface area contributed by atoms with Gasteiger partial charge in [-0.1, -0.05) is 72.1 Å². The van der Waals surface area contributed by atoms with Crippen LogP contribution in [0.2, 0.25) is 0 Å². The average Bonchev–Trinajstić information content (AvgIpc) is 2.34. The zero-order valence-corrected chi connectivity index (χ0v) is 12.9. The van der Waals surface area contributed by atoms with E-state index in [1.165, 1.54) is 32.1 Å². The van der Waals surface area contributed by atoms with E-state index in [-0.39, 0.29) is 0 Å². The second-order valence-electron chi connectivity index (χ2n) is 6.04. The van der Waals surface area contributed by atoms with Gasteiger partial charge in [-0.25, -0.2) is 0 Å². The van der Waals surface area contributed by atoms with Gasteiger partial charge in [-0.3, -0.25) is 0 Å². The summed E-state index contributed by atoms with van der Waals surface area (Å²) in [6, 6.07) is 6.89. The Kier molecular flexibility index (Phi) is 6.46. The Labute approximate surface area is 114 Å². The standard InChI is InChI=1S/C18H30/c1-6-7-8-9-11-18-16(14(2)3)12-10-13-17(18)15(4)5/h10,12-15H,6-9,11H2,1-5H3. The minimum Gasteiger partial charge on any atom is -0.0654 e. The van der Waals surface area contributed by atoms with Gasteiger partial charge in [0, 0.05) is 0 Å². The molecule has 0 heteroatoms. The van der Waals surface area contributed by atoms with Gasteiger partial charge in [-0.15, -0.1) is 0 Å². The van der Waals surface area contributed by atoms with Crippen molar-refractivity contribution in [3.63, 3.8) is 0 Å². The van der Waals surface area contributed by atoms with Crippen molar-refractivity contribution < 1.29 is 0 Å². The van der Waals surface area contributed by atoms with Gasteiger partial charge in [0.2, 0.25) is 0 Å². The molecule has 1 aromatic carbocycles. The lowest BCUT2D eigenvalue weighted by Gasteiger charge is -2.19. The van der Waals surface area contributed by atoms with Gasteiger partial charge in [-0.2, -0.15) is 0 Å². The summed E-state index contributed by atoms with van der Waals surface area (Å²) in [6.07, 6.45) is 6.68. The molecule has 0 N–H and O–H groups in total. The molecule has 0 radical (unpaired) electrons. The highest BCUT2D eigenvalue weighted by Gasteiger charge is 2.12. The lowest BCUT2D eigenvalue weighted by Crippen LogP contribution is -2.03. The summed E-state index contributed by atoms with van der Waals surface area (Å²) < 4.78 is 0. The first-order chi connectivity index (χ1) is 8.57. The van der Waals surface area contributed by atoms with Gasteiger partial charge >= 0.3 is 0 Å². The number of benzene rings is 1. The lowest BCUT2D eigenvalue weighted by atomic mass is 9.86. The van der Waals surface area contributed by atoms with Crippen molar-refractivity contribution in [1.82, 2.24) is 0 Å². The van der Waals surface area contributed by atoms with Crippen LogP contribution in [0.15, 0.2) is 18.2 Å². The second-order valence-corrected chi connectivity index (χ2v) is 6.04. The van der Waals surface area contributed by atoms with Crippen molar-refractivity contribution in [2.24, 2.45) is 0 Å². The first-order valence-electron chi connectivity index (χ1n) is 7.69. The molecule has 0 saturated carbocycles. The van der Waals surface area contributed by atoms with E-state index in [4.69, 9.17) is 0 Å². The molecule has 0 spiro atoms. The van der Waals surface area contributed by atoms with Crippen LogP contribution >= 0.6 is 0 Å². The fraction of sp³-hybridized carbons (Fsp3) is 0.667. The molecule has 0 bridgehead atoms. The molecule has 1 rings (SSSR count). The average molecular weight is 246 g/mol.